The summed E-state index contributed by atoms with van der Waals surface area (Å²) in [5.41, 5.74) is 6.50. The summed E-state index contributed by atoms with van der Waals surface area (Å²) in [6, 6.07) is 8.62. The first-order valence-corrected chi connectivity index (χ1v) is 26.9. The third-order valence-corrected chi connectivity index (χ3v) is 13.7. The largest absolute Gasteiger partial charge is 0.481 e. The van der Waals surface area contributed by atoms with Crippen LogP contribution in [0.1, 0.15) is 123 Å². The van der Waals surface area contributed by atoms with Crippen molar-refractivity contribution in [2.45, 2.75) is 124 Å². The number of hydrogen-bond acceptors (Lipinski definition) is 12. The minimum absolute atomic E-state index is 0.0541. The van der Waals surface area contributed by atoms with E-state index in [-0.39, 0.29) is 110 Å². The maximum Gasteiger partial charge on any atom is 0.308 e. The Morgan fingerprint density at radius 2 is 1.08 bits per heavy atom. The highest BCUT2D eigenvalue weighted by atomic mass is 16.5. The third-order valence-electron chi connectivity index (χ3n) is 13.7. The predicted octanol–water partition coefficient (Wildman–Crippen LogP) is 5.72. The van der Waals surface area contributed by atoms with Crippen LogP contribution < -0.4 is 11.1 Å². The highest BCUT2D eigenvalue weighted by molar-refractivity contribution is 5.81. The molecular weight excluding hydrogens is 939 g/mol. The number of carbonyl (C=O) groups excluding carboxylic acids is 5. The number of primary amides is 1. The molecule has 0 spiro atoms. The van der Waals surface area contributed by atoms with Gasteiger partial charge in [0.25, 0.3) is 0 Å². The van der Waals surface area contributed by atoms with Crippen LogP contribution in [-0.4, -0.2) is 194 Å². The van der Waals surface area contributed by atoms with E-state index in [4.69, 9.17) is 34.2 Å². The molecule has 1 aromatic rings. The van der Waals surface area contributed by atoms with Gasteiger partial charge in [-0.2, -0.15) is 0 Å². The Balaban J connectivity index is 4.01. The highest BCUT2D eigenvalue weighted by Gasteiger charge is 2.39. The van der Waals surface area contributed by atoms with E-state index < -0.39 is 59.0 Å². The molecule has 2 amide bonds. The zero-order valence-electron chi connectivity index (χ0n) is 47.4. The molecule has 18 nitrogen and oxygen atoms in total. The maximum absolute atomic E-state index is 15.4. The number of nitrogens with two attached hydrogens (primary N) is 1. The van der Waals surface area contributed by atoms with Crippen molar-refractivity contribution in [2.75, 3.05) is 134 Å². The minimum atomic E-state index is -1.48. The van der Waals surface area contributed by atoms with Crippen LogP contribution in [-0.2, 0) is 63.7 Å². The molecule has 0 radical (unpaired) electrons. The summed E-state index contributed by atoms with van der Waals surface area (Å²) in [6.07, 6.45) is 2.00. The van der Waals surface area contributed by atoms with Gasteiger partial charge in [0.1, 0.15) is 25.2 Å². The van der Waals surface area contributed by atoms with Gasteiger partial charge in [0.2, 0.25) is 11.8 Å². The molecule has 0 fully saturated rings. The summed E-state index contributed by atoms with van der Waals surface area (Å²) in [5.74, 6) is -6.45. The lowest BCUT2D eigenvalue weighted by atomic mass is 9.77. The second-order valence-corrected chi connectivity index (χ2v) is 22.0. The van der Waals surface area contributed by atoms with Gasteiger partial charge in [-0.05, 0) is 77.7 Å². The van der Waals surface area contributed by atoms with Gasteiger partial charge in [0.05, 0.1) is 147 Å². The Kier molecular flexibility index (Phi) is 31.5. The van der Waals surface area contributed by atoms with Crippen molar-refractivity contribution in [1.29, 1.82) is 0 Å². The molecule has 1 rings (SSSR count). The number of rotatable bonds is 42. The number of esters is 3. The second kappa shape index (κ2) is 34.4. The quantitative estimate of drug-likeness (QED) is 0.0310. The number of carboxylic acids is 1. The first-order chi connectivity index (χ1) is 34.3. The smallest absolute Gasteiger partial charge is 0.308 e. The number of nitrogens with one attached hydrogen (secondary N) is 1. The molecule has 0 aliphatic carbocycles. The molecular formula is C55H100N5O13+3. The molecule has 5 unspecified atom stereocenters. The number of amides is 2. The molecule has 0 aromatic heterocycles. The van der Waals surface area contributed by atoms with Crippen LogP contribution in [0.4, 0.5) is 0 Å². The van der Waals surface area contributed by atoms with Gasteiger partial charge < -0.3 is 58.0 Å². The zero-order valence-corrected chi connectivity index (χ0v) is 47.4. The number of quaternary nitrogens is 3. The summed E-state index contributed by atoms with van der Waals surface area (Å²) < 4.78 is 36.1. The van der Waals surface area contributed by atoms with Gasteiger partial charge in [0, 0.05) is 23.3 Å². The van der Waals surface area contributed by atoms with Crippen molar-refractivity contribution in [3.05, 3.63) is 35.4 Å². The van der Waals surface area contributed by atoms with E-state index in [1.807, 2.05) is 0 Å². The van der Waals surface area contributed by atoms with E-state index in [0.29, 0.717) is 12.8 Å². The van der Waals surface area contributed by atoms with E-state index >= 15 is 4.79 Å². The van der Waals surface area contributed by atoms with Crippen LogP contribution in [0.5, 0.6) is 0 Å². The van der Waals surface area contributed by atoms with E-state index in [1.165, 1.54) is 5.56 Å². The molecule has 0 aliphatic heterocycles. The fourth-order valence-electron chi connectivity index (χ4n) is 9.32. The van der Waals surface area contributed by atoms with Crippen molar-refractivity contribution in [3.8, 4) is 0 Å². The van der Waals surface area contributed by atoms with Gasteiger partial charge >= 0.3 is 23.9 Å². The average molecular weight is 1040 g/mol. The molecule has 0 aliphatic rings. The van der Waals surface area contributed by atoms with Crippen LogP contribution in [0, 0.1) is 23.7 Å². The van der Waals surface area contributed by atoms with Crippen LogP contribution in [0.3, 0.4) is 0 Å². The van der Waals surface area contributed by atoms with Crippen LogP contribution >= 0.6 is 0 Å². The number of aliphatic carboxylic acids is 1. The molecule has 0 saturated heterocycles. The van der Waals surface area contributed by atoms with Crippen molar-refractivity contribution >= 4 is 35.7 Å². The van der Waals surface area contributed by atoms with Gasteiger partial charge in [-0.15, -0.1) is 0 Å². The molecule has 0 heterocycles. The Bertz CT molecular complexity index is 1730. The summed E-state index contributed by atoms with van der Waals surface area (Å²) in [5, 5.41) is 13.9. The van der Waals surface area contributed by atoms with Crippen molar-refractivity contribution < 1.29 is 75.7 Å². The number of hydrogen-bond donors (Lipinski definition) is 3. The van der Waals surface area contributed by atoms with Crippen molar-refractivity contribution in [2.24, 2.45) is 29.4 Å². The lowest BCUT2D eigenvalue weighted by Gasteiger charge is -2.37. The van der Waals surface area contributed by atoms with E-state index in [1.54, 1.807) is 27.7 Å². The molecule has 0 bridgehead atoms. The number of carboxylic acid groups (broad SMARTS) is 1. The lowest BCUT2D eigenvalue weighted by molar-refractivity contribution is -0.952. The van der Waals surface area contributed by atoms with Crippen molar-refractivity contribution in [3.63, 3.8) is 0 Å². The number of likely N-dealkylation sites (N-methyl/N-ethyl adjacent to an activating group) is 2. The maximum atomic E-state index is 15.4. The van der Waals surface area contributed by atoms with E-state index in [2.05, 4.69) is 92.6 Å². The van der Waals surface area contributed by atoms with Crippen LogP contribution in [0.2, 0.25) is 0 Å². The first-order valence-electron chi connectivity index (χ1n) is 26.9. The SMILES string of the molecule is CCC[N+](C)(C)CC[N+](C)(C)Cc1ccc(C(CC(C)C[N+](C)(C)CC)CC(CC(CC(CC)C(N)=O)C(=O)O)C(=O)NC(COCCC(=O)OCC)(COCCC(=O)OCC)COCCC(=O)OCC)cc1. The van der Waals surface area contributed by atoms with Crippen molar-refractivity contribution in [1.82, 2.24) is 5.32 Å². The summed E-state index contributed by atoms with van der Waals surface area (Å²) in [7, 11) is 13.4. The fraction of sp³-hybridized carbons (Fsp3) is 0.782. The Labute approximate surface area is 439 Å². The highest BCUT2D eigenvalue weighted by Crippen LogP contribution is 2.36. The topological polar surface area (TPSA) is 216 Å². The predicted molar refractivity (Wildman–Crippen MR) is 282 cm³/mol. The summed E-state index contributed by atoms with van der Waals surface area (Å²) in [6.45, 7) is 18.9. The zero-order chi connectivity index (χ0) is 55.3. The number of benzene rings is 1. The average Bonchev–Trinajstić information content (AvgIpc) is 3.30. The Hall–Kier alpha value is -4.20. The Morgan fingerprint density at radius 3 is 1.49 bits per heavy atom. The van der Waals surface area contributed by atoms with Gasteiger partial charge in [0.15, 0.2) is 0 Å². The number of nitrogens with zero attached hydrogens (tertiary/aromatic N) is 3. The molecule has 5 atom stereocenters. The first kappa shape index (κ1) is 66.8. The summed E-state index contributed by atoms with van der Waals surface area (Å²) in [4.78, 5) is 78.2. The molecule has 0 saturated carbocycles. The van der Waals surface area contributed by atoms with Crippen LogP contribution in [0.25, 0.3) is 0 Å². The number of ether oxygens (including phenoxy) is 6. The summed E-state index contributed by atoms with van der Waals surface area (Å²) >= 11 is 0. The number of carbonyl (C=O) groups is 6. The van der Waals surface area contributed by atoms with Gasteiger partial charge in [-0.25, -0.2) is 0 Å². The Morgan fingerprint density at radius 1 is 0.616 bits per heavy atom. The molecule has 420 valence electrons. The van der Waals surface area contributed by atoms with E-state index in [9.17, 15) is 29.1 Å². The minimum Gasteiger partial charge on any atom is -0.481 e. The third kappa shape index (κ3) is 28.3. The monoisotopic (exact) mass is 1040 g/mol. The standard InChI is InChI=1S/C55H97N5O13/c1-14-27-59(10,11)28-29-60(12,13)38-43-20-22-45(23-21-43)46(33-42(7)37-58(8,9)16-3)35-47(36-48(54(66)67)34-44(15-2)52(56)64)53(65)57-55(39-68-30-24-49(61)71-17-4,40-69-31-25-50(62)72-18-5)41-70-32-26-51(63)73-19-6/h20-23,42,44,46-48H,14-19,24-41H2,1-13H3,(H-3,56,57,64,65,66,67)/p+3. The van der Waals surface area contributed by atoms with Gasteiger partial charge in [-0.3, -0.25) is 28.8 Å². The second-order valence-electron chi connectivity index (χ2n) is 22.0. The molecule has 4 N–H and O–H groups in total. The van der Waals surface area contributed by atoms with Crippen LogP contribution in [0.15, 0.2) is 24.3 Å². The molecule has 18 heteroatoms. The molecule has 1 aromatic carbocycles. The van der Waals surface area contributed by atoms with E-state index in [0.717, 1.165) is 64.7 Å². The fourth-order valence-corrected chi connectivity index (χ4v) is 9.32. The normalized spacial score (nSPS) is 14.4. The lowest BCUT2D eigenvalue weighted by Crippen LogP contribution is -2.60. The molecule has 73 heavy (non-hydrogen) atoms. The van der Waals surface area contributed by atoms with Gasteiger partial charge in [-0.1, -0.05) is 45.0 Å².